The van der Waals surface area contributed by atoms with Gasteiger partial charge in [0.05, 0.1) is 17.9 Å². The summed E-state index contributed by atoms with van der Waals surface area (Å²) >= 11 is 0. The van der Waals surface area contributed by atoms with Crippen LogP contribution in [0.15, 0.2) is 60.8 Å². The normalized spacial score (nSPS) is 10.2. The van der Waals surface area contributed by atoms with E-state index >= 15 is 0 Å². The van der Waals surface area contributed by atoms with E-state index in [4.69, 9.17) is 4.74 Å². The summed E-state index contributed by atoms with van der Waals surface area (Å²) in [5, 5.41) is 5.78. The minimum atomic E-state index is -0.445. The lowest BCUT2D eigenvalue weighted by molar-refractivity contribution is 0.0527. The number of carbonyl (C=O) groups excluding carboxylic acids is 2. The molecule has 0 fully saturated rings. The van der Waals surface area contributed by atoms with Crippen molar-refractivity contribution in [3.05, 3.63) is 77.6 Å². The molecule has 3 rings (SSSR count). The van der Waals surface area contributed by atoms with Crippen LogP contribution in [0, 0.1) is 6.92 Å². The Balaban J connectivity index is 1.79. The Morgan fingerprint density at radius 1 is 1.07 bits per heavy atom. The summed E-state index contributed by atoms with van der Waals surface area (Å²) in [4.78, 5) is 33.0. The molecule has 3 aromatic rings. The molecule has 142 valence electrons. The second-order valence-corrected chi connectivity index (χ2v) is 5.98. The highest BCUT2D eigenvalue weighted by Gasteiger charge is 2.14. The highest BCUT2D eigenvalue weighted by molar-refractivity contribution is 6.03. The van der Waals surface area contributed by atoms with Crippen LogP contribution in [0.4, 0.5) is 17.3 Å². The van der Waals surface area contributed by atoms with Gasteiger partial charge >= 0.3 is 5.97 Å². The summed E-state index contributed by atoms with van der Waals surface area (Å²) in [6.07, 6.45) is 1.48. The second kappa shape index (κ2) is 8.77. The number of hydrogen-bond acceptors (Lipinski definition) is 6. The highest BCUT2D eigenvalue weighted by atomic mass is 16.5. The van der Waals surface area contributed by atoms with E-state index in [1.165, 1.54) is 12.3 Å². The van der Waals surface area contributed by atoms with Gasteiger partial charge in [0.2, 0.25) is 5.95 Å². The number of hydrogen-bond donors (Lipinski definition) is 2. The summed E-state index contributed by atoms with van der Waals surface area (Å²) in [5.74, 6) is -0.595. The number of amides is 1. The van der Waals surface area contributed by atoms with Crippen molar-refractivity contribution < 1.29 is 14.3 Å². The maximum Gasteiger partial charge on any atom is 0.340 e. The van der Waals surface area contributed by atoms with Crippen LogP contribution in [0.1, 0.15) is 33.3 Å². The number of rotatable bonds is 6. The summed E-state index contributed by atoms with van der Waals surface area (Å²) in [6, 6.07) is 15.9. The number of aryl methyl sites for hydroxylation is 1. The van der Waals surface area contributed by atoms with Crippen molar-refractivity contribution in [2.75, 3.05) is 17.2 Å². The van der Waals surface area contributed by atoms with Gasteiger partial charge in [-0.2, -0.15) is 0 Å². The molecule has 2 N–H and O–H groups in total. The van der Waals surface area contributed by atoms with Gasteiger partial charge in [0.25, 0.3) is 5.91 Å². The monoisotopic (exact) mass is 376 g/mol. The van der Waals surface area contributed by atoms with Crippen molar-refractivity contribution in [1.82, 2.24) is 9.97 Å². The molecule has 0 unspecified atom stereocenters. The van der Waals surface area contributed by atoms with Crippen molar-refractivity contribution in [1.29, 1.82) is 0 Å². The SMILES string of the molecule is CCOC(=O)c1ccccc1Nc1nccc(C(=O)Nc2cccc(C)c2)n1. The number of anilines is 3. The minimum Gasteiger partial charge on any atom is -0.462 e. The van der Waals surface area contributed by atoms with Gasteiger partial charge in [-0.1, -0.05) is 24.3 Å². The molecule has 7 heteroatoms. The number of para-hydroxylation sites is 1. The maximum absolute atomic E-state index is 12.5. The smallest absolute Gasteiger partial charge is 0.340 e. The molecule has 0 atom stereocenters. The highest BCUT2D eigenvalue weighted by Crippen LogP contribution is 2.20. The van der Waals surface area contributed by atoms with Crippen LogP contribution >= 0.6 is 0 Å². The molecule has 7 nitrogen and oxygen atoms in total. The lowest BCUT2D eigenvalue weighted by atomic mass is 10.2. The van der Waals surface area contributed by atoms with E-state index in [1.807, 2.05) is 25.1 Å². The summed E-state index contributed by atoms with van der Waals surface area (Å²) in [7, 11) is 0. The third-order valence-electron chi connectivity index (χ3n) is 3.83. The van der Waals surface area contributed by atoms with E-state index in [-0.39, 0.29) is 24.2 Å². The van der Waals surface area contributed by atoms with Gasteiger partial charge in [-0.05, 0) is 49.7 Å². The van der Waals surface area contributed by atoms with Gasteiger partial charge in [-0.3, -0.25) is 4.79 Å². The van der Waals surface area contributed by atoms with Gasteiger partial charge < -0.3 is 15.4 Å². The minimum absolute atomic E-state index is 0.202. The molecule has 0 aliphatic carbocycles. The Labute approximate surface area is 162 Å². The molecule has 0 aliphatic rings. The molecular weight excluding hydrogens is 356 g/mol. The first kappa shape index (κ1) is 19.0. The number of ether oxygens (including phenoxy) is 1. The van der Waals surface area contributed by atoms with Crippen LogP contribution in [0.3, 0.4) is 0 Å². The summed E-state index contributed by atoms with van der Waals surface area (Å²) in [5.41, 5.74) is 2.79. The Kier molecular flexibility index (Phi) is 5.96. The number of aromatic nitrogens is 2. The number of nitrogens with zero attached hydrogens (tertiary/aromatic N) is 2. The van der Waals surface area contributed by atoms with Crippen LogP contribution in [0.25, 0.3) is 0 Å². The largest absolute Gasteiger partial charge is 0.462 e. The third-order valence-corrected chi connectivity index (χ3v) is 3.83. The molecule has 0 bridgehead atoms. The molecule has 0 saturated carbocycles. The van der Waals surface area contributed by atoms with Crippen molar-refractivity contribution in [3.8, 4) is 0 Å². The van der Waals surface area contributed by atoms with Crippen LogP contribution < -0.4 is 10.6 Å². The van der Waals surface area contributed by atoms with E-state index in [0.29, 0.717) is 16.9 Å². The number of nitrogens with one attached hydrogen (secondary N) is 2. The molecule has 2 aromatic carbocycles. The second-order valence-electron chi connectivity index (χ2n) is 5.98. The van der Waals surface area contributed by atoms with Crippen molar-refractivity contribution in [3.63, 3.8) is 0 Å². The molecule has 28 heavy (non-hydrogen) atoms. The lowest BCUT2D eigenvalue weighted by Crippen LogP contribution is -2.15. The molecule has 0 aliphatic heterocycles. The molecule has 1 amide bonds. The third kappa shape index (κ3) is 4.70. The first-order valence-electron chi connectivity index (χ1n) is 8.81. The average molecular weight is 376 g/mol. The standard InChI is InChI=1S/C21H20N4O3/c1-3-28-20(27)16-9-4-5-10-17(16)24-21-22-12-11-18(25-21)19(26)23-15-8-6-7-14(2)13-15/h4-13H,3H2,1-2H3,(H,23,26)(H,22,24,25). The zero-order chi connectivity index (χ0) is 19.9. The molecule has 0 radical (unpaired) electrons. The van der Waals surface area contributed by atoms with Gasteiger partial charge in [0.1, 0.15) is 5.69 Å². The summed E-state index contributed by atoms with van der Waals surface area (Å²) < 4.78 is 5.06. The van der Waals surface area contributed by atoms with Crippen LogP contribution in [0.5, 0.6) is 0 Å². The summed E-state index contributed by atoms with van der Waals surface area (Å²) in [6.45, 7) is 3.97. The van der Waals surface area contributed by atoms with Crippen LogP contribution in [-0.4, -0.2) is 28.5 Å². The Bertz CT molecular complexity index is 1000. The fourth-order valence-electron chi connectivity index (χ4n) is 2.56. The van der Waals surface area contributed by atoms with E-state index < -0.39 is 5.97 Å². The molecule has 1 aromatic heterocycles. The number of carbonyl (C=O) groups is 2. The predicted octanol–water partition coefficient (Wildman–Crippen LogP) is 3.96. The molecule has 1 heterocycles. The van der Waals surface area contributed by atoms with Crippen molar-refractivity contribution in [2.45, 2.75) is 13.8 Å². The van der Waals surface area contributed by atoms with Crippen LogP contribution in [-0.2, 0) is 4.74 Å². The van der Waals surface area contributed by atoms with E-state index in [0.717, 1.165) is 5.56 Å². The topological polar surface area (TPSA) is 93.2 Å². The zero-order valence-electron chi connectivity index (χ0n) is 15.6. The number of benzene rings is 2. The first-order chi connectivity index (χ1) is 13.6. The molecular formula is C21H20N4O3. The predicted molar refractivity (Wildman–Crippen MR) is 107 cm³/mol. The number of esters is 1. The fourth-order valence-corrected chi connectivity index (χ4v) is 2.56. The first-order valence-corrected chi connectivity index (χ1v) is 8.81. The maximum atomic E-state index is 12.5. The van der Waals surface area contributed by atoms with Gasteiger partial charge in [0, 0.05) is 11.9 Å². The Hall–Kier alpha value is -3.74. The zero-order valence-corrected chi connectivity index (χ0v) is 15.6. The Morgan fingerprint density at radius 3 is 2.68 bits per heavy atom. The van der Waals surface area contributed by atoms with Crippen LogP contribution in [0.2, 0.25) is 0 Å². The van der Waals surface area contributed by atoms with Gasteiger partial charge in [-0.15, -0.1) is 0 Å². The van der Waals surface area contributed by atoms with Gasteiger partial charge in [-0.25, -0.2) is 14.8 Å². The van der Waals surface area contributed by atoms with Gasteiger partial charge in [0.15, 0.2) is 0 Å². The lowest BCUT2D eigenvalue weighted by Gasteiger charge is -2.11. The fraction of sp³-hybridized carbons (Fsp3) is 0.143. The molecule has 0 saturated heterocycles. The van der Waals surface area contributed by atoms with E-state index in [2.05, 4.69) is 20.6 Å². The molecule has 0 spiro atoms. The average Bonchev–Trinajstić information content (AvgIpc) is 2.69. The van der Waals surface area contributed by atoms with E-state index in [9.17, 15) is 9.59 Å². The Morgan fingerprint density at radius 2 is 1.89 bits per heavy atom. The van der Waals surface area contributed by atoms with Crippen molar-refractivity contribution >= 4 is 29.2 Å². The van der Waals surface area contributed by atoms with Crippen molar-refractivity contribution in [2.24, 2.45) is 0 Å². The van der Waals surface area contributed by atoms with E-state index in [1.54, 1.807) is 37.3 Å². The quantitative estimate of drug-likeness (QED) is 0.633.